The Labute approximate surface area is 186 Å². The number of benzene rings is 3. The van der Waals surface area contributed by atoms with Crippen molar-refractivity contribution >= 4 is 29.6 Å². The van der Waals surface area contributed by atoms with Crippen molar-refractivity contribution in [2.75, 3.05) is 6.61 Å². The maximum Gasteiger partial charge on any atom is 0.331 e. The summed E-state index contributed by atoms with van der Waals surface area (Å²) in [5.74, 6) is -0.255. The van der Waals surface area contributed by atoms with Crippen LogP contribution in [0.4, 0.5) is 0 Å². The van der Waals surface area contributed by atoms with Gasteiger partial charge in [-0.15, -0.1) is 0 Å². The summed E-state index contributed by atoms with van der Waals surface area (Å²) >= 11 is 6.12. The highest BCUT2D eigenvalue weighted by atomic mass is 35.5. The predicted molar refractivity (Wildman–Crippen MR) is 121 cm³/mol. The Morgan fingerprint density at radius 2 is 1.61 bits per heavy atom. The van der Waals surface area contributed by atoms with Crippen molar-refractivity contribution < 1.29 is 19.1 Å². The van der Waals surface area contributed by atoms with E-state index >= 15 is 0 Å². The third-order valence-corrected chi connectivity index (χ3v) is 4.69. The van der Waals surface area contributed by atoms with Crippen molar-refractivity contribution in [3.8, 4) is 5.75 Å². The lowest BCUT2D eigenvalue weighted by atomic mass is 10.2. The molecule has 0 radical (unpaired) electrons. The highest BCUT2D eigenvalue weighted by Crippen LogP contribution is 2.19. The molecule has 6 heteroatoms. The van der Waals surface area contributed by atoms with Crippen molar-refractivity contribution in [3.63, 3.8) is 0 Å². The smallest absolute Gasteiger partial charge is 0.331 e. The van der Waals surface area contributed by atoms with E-state index in [1.54, 1.807) is 18.2 Å². The molecule has 3 rings (SSSR count). The molecule has 0 atom stereocenters. The molecular formula is C25H22ClNO4. The molecule has 1 amide bonds. The summed E-state index contributed by atoms with van der Waals surface area (Å²) in [7, 11) is 0. The number of carbonyl (C=O) groups excluding carboxylic acids is 2. The van der Waals surface area contributed by atoms with Crippen LogP contribution in [0.3, 0.4) is 0 Å². The summed E-state index contributed by atoms with van der Waals surface area (Å²) in [6, 6.07) is 24.2. The molecule has 0 fully saturated rings. The Morgan fingerprint density at radius 3 is 2.35 bits per heavy atom. The molecule has 3 aromatic carbocycles. The van der Waals surface area contributed by atoms with Crippen LogP contribution in [0.5, 0.6) is 5.75 Å². The van der Waals surface area contributed by atoms with E-state index in [2.05, 4.69) is 5.32 Å². The summed E-state index contributed by atoms with van der Waals surface area (Å²) in [5.41, 5.74) is 2.68. The molecule has 0 spiro atoms. The average Bonchev–Trinajstić information content (AvgIpc) is 2.81. The highest BCUT2D eigenvalue weighted by molar-refractivity contribution is 6.31. The summed E-state index contributed by atoms with van der Waals surface area (Å²) in [6.07, 6.45) is 2.89. The lowest BCUT2D eigenvalue weighted by Crippen LogP contribution is -2.28. The van der Waals surface area contributed by atoms with E-state index in [0.29, 0.717) is 23.9 Å². The number of ether oxygens (including phenoxy) is 2. The number of esters is 1. The number of hydrogen-bond acceptors (Lipinski definition) is 4. The first-order chi connectivity index (χ1) is 15.1. The van der Waals surface area contributed by atoms with Gasteiger partial charge in [-0.05, 0) is 35.4 Å². The van der Waals surface area contributed by atoms with Crippen molar-refractivity contribution in [2.24, 2.45) is 0 Å². The summed E-state index contributed by atoms with van der Waals surface area (Å²) < 4.78 is 10.7. The van der Waals surface area contributed by atoms with Crippen LogP contribution < -0.4 is 10.1 Å². The molecule has 0 heterocycles. The fourth-order valence-corrected chi connectivity index (χ4v) is 2.84. The number of amides is 1. The fourth-order valence-electron chi connectivity index (χ4n) is 2.65. The minimum Gasteiger partial charge on any atom is -0.489 e. The molecule has 0 aliphatic rings. The Bertz CT molecular complexity index is 1030. The second kappa shape index (κ2) is 11.6. The van der Waals surface area contributed by atoms with Crippen LogP contribution in [-0.2, 0) is 27.5 Å². The van der Waals surface area contributed by atoms with Crippen LogP contribution in [0, 0.1) is 0 Å². The van der Waals surface area contributed by atoms with E-state index in [0.717, 1.165) is 16.7 Å². The van der Waals surface area contributed by atoms with Gasteiger partial charge in [-0.1, -0.05) is 72.3 Å². The number of halogens is 1. The van der Waals surface area contributed by atoms with Gasteiger partial charge in [0.25, 0.3) is 5.91 Å². The normalized spacial score (nSPS) is 10.6. The standard InChI is InChI=1S/C25H22ClNO4/c26-23-9-5-4-8-21(23)17-30-22-13-10-19(11-14-22)12-15-25(29)31-18-24(28)27-16-20-6-2-1-3-7-20/h1-15H,16-18H2,(H,27,28). The Balaban J connectivity index is 1.39. The van der Waals surface area contributed by atoms with Gasteiger partial charge in [0, 0.05) is 23.2 Å². The van der Waals surface area contributed by atoms with Crippen LogP contribution in [0.25, 0.3) is 6.08 Å². The Kier molecular flexibility index (Phi) is 8.26. The quantitative estimate of drug-likeness (QED) is 0.387. The average molecular weight is 436 g/mol. The molecular weight excluding hydrogens is 414 g/mol. The number of carbonyl (C=O) groups is 2. The minimum atomic E-state index is -0.589. The van der Waals surface area contributed by atoms with Crippen molar-refractivity contribution in [2.45, 2.75) is 13.2 Å². The first kappa shape index (κ1) is 22.1. The van der Waals surface area contributed by atoms with Gasteiger partial charge in [0.2, 0.25) is 0 Å². The summed E-state index contributed by atoms with van der Waals surface area (Å²) in [5, 5.41) is 3.36. The zero-order chi connectivity index (χ0) is 21.9. The third-order valence-electron chi connectivity index (χ3n) is 4.32. The van der Waals surface area contributed by atoms with Crippen LogP contribution >= 0.6 is 11.6 Å². The molecule has 0 saturated heterocycles. The topological polar surface area (TPSA) is 64.6 Å². The molecule has 0 aliphatic carbocycles. The third kappa shape index (κ3) is 7.64. The van der Waals surface area contributed by atoms with E-state index in [1.165, 1.54) is 6.08 Å². The molecule has 31 heavy (non-hydrogen) atoms. The van der Waals surface area contributed by atoms with Crippen LogP contribution in [0.1, 0.15) is 16.7 Å². The molecule has 158 valence electrons. The van der Waals surface area contributed by atoms with E-state index in [4.69, 9.17) is 21.1 Å². The van der Waals surface area contributed by atoms with Gasteiger partial charge in [0.1, 0.15) is 12.4 Å². The van der Waals surface area contributed by atoms with Crippen molar-refractivity contribution in [1.29, 1.82) is 0 Å². The van der Waals surface area contributed by atoms with Gasteiger partial charge >= 0.3 is 5.97 Å². The SMILES string of the molecule is O=C(COC(=O)C=Cc1ccc(OCc2ccccc2Cl)cc1)NCc1ccccc1. The lowest BCUT2D eigenvalue weighted by molar-refractivity contribution is -0.143. The molecule has 0 unspecified atom stereocenters. The van der Waals surface area contributed by atoms with Gasteiger partial charge < -0.3 is 14.8 Å². The zero-order valence-corrected chi connectivity index (χ0v) is 17.5. The van der Waals surface area contributed by atoms with Crippen LogP contribution in [0.15, 0.2) is 84.9 Å². The van der Waals surface area contributed by atoms with Gasteiger partial charge in [0.15, 0.2) is 6.61 Å². The Morgan fingerprint density at radius 1 is 0.903 bits per heavy atom. The van der Waals surface area contributed by atoms with Crippen molar-refractivity contribution in [1.82, 2.24) is 5.32 Å². The molecule has 3 aromatic rings. The van der Waals surface area contributed by atoms with Crippen LogP contribution in [-0.4, -0.2) is 18.5 Å². The molecule has 5 nitrogen and oxygen atoms in total. The molecule has 0 bridgehead atoms. The number of nitrogens with one attached hydrogen (secondary N) is 1. The highest BCUT2D eigenvalue weighted by Gasteiger charge is 2.05. The van der Waals surface area contributed by atoms with Gasteiger partial charge in [-0.2, -0.15) is 0 Å². The maximum atomic E-state index is 11.8. The summed E-state index contributed by atoms with van der Waals surface area (Å²) in [4.78, 5) is 23.6. The van der Waals surface area contributed by atoms with Gasteiger partial charge in [-0.3, -0.25) is 4.79 Å². The molecule has 0 aliphatic heterocycles. The van der Waals surface area contributed by atoms with E-state index in [-0.39, 0.29) is 12.5 Å². The van der Waals surface area contributed by atoms with E-state index in [1.807, 2.05) is 66.7 Å². The van der Waals surface area contributed by atoms with Crippen molar-refractivity contribution in [3.05, 3.63) is 107 Å². The van der Waals surface area contributed by atoms with Gasteiger partial charge in [0.05, 0.1) is 0 Å². The van der Waals surface area contributed by atoms with Crippen LogP contribution in [0.2, 0.25) is 5.02 Å². The predicted octanol–water partition coefficient (Wildman–Crippen LogP) is 4.79. The molecule has 0 saturated carbocycles. The monoisotopic (exact) mass is 435 g/mol. The second-order valence-corrected chi connectivity index (χ2v) is 7.06. The maximum absolute atomic E-state index is 11.8. The lowest BCUT2D eigenvalue weighted by Gasteiger charge is -2.08. The largest absolute Gasteiger partial charge is 0.489 e. The van der Waals surface area contributed by atoms with E-state index in [9.17, 15) is 9.59 Å². The first-order valence-corrected chi connectivity index (χ1v) is 10.1. The van der Waals surface area contributed by atoms with E-state index < -0.39 is 5.97 Å². The van der Waals surface area contributed by atoms with Gasteiger partial charge in [-0.25, -0.2) is 4.79 Å². The first-order valence-electron chi connectivity index (χ1n) is 9.72. The second-order valence-electron chi connectivity index (χ2n) is 6.65. The number of rotatable bonds is 9. The zero-order valence-electron chi connectivity index (χ0n) is 16.8. The summed E-state index contributed by atoms with van der Waals surface area (Å²) in [6.45, 7) is 0.427. The number of hydrogen-bond donors (Lipinski definition) is 1. The fraction of sp³-hybridized carbons (Fsp3) is 0.120. The Hall–Kier alpha value is -3.57. The minimum absolute atomic E-state index is 0.329. The molecule has 1 N–H and O–H groups in total. The molecule has 0 aromatic heterocycles.